The second-order valence-electron chi connectivity index (χ2n) is 15.4. The fourth-order valence-electron chi connectivity index (χ4n) is 6.99. The second kappa shape index (κ2) is 16.3. The number of urea groups is 1. The molecule has 3 N–H and O–H groups in total. The number of nitrogens with zero attached hydrogens (tertiary/aromatic N) is 6. The van der Waals surface area contributed by atoms with Gasteiger partial charge in [0.15, 0.2) is 5.65 Å². The Bertz CT molecular complexity index is 1890. The Morgan fingerprint density at radius 3 is 2.62 bits per heavy atom. The summed E-state index contributed by atoms with van der Waals surface area (Å²) in [6, 6.07) is 20.1. The third-order valence-electron chi connectivity index (χ3n) is 10.4. The number of hydrogen-bond donors (Lipinski definition) is 3. The van der Waals surface area contributed by atoms with Crippen LogP contribution >= 0.6 is 0 Å². The van der Waals surface area contributed by atoms with Crippen molar-refractivity contribution in [1.29, 1.82) is 5.41 Å². The highest BCUT2D eigenvalue weighted by Gasteiger charge is 2.30. The van der Waals surface area contributed by atoms with Crippen LogP contribution in [-0.4, -0.2) is 69.8 Å². The van der Waals surface area contributed by atoms with Crippen LogP contribution in [0.25, 0.3) is 5.65 Å². The number of carbonyl (C=O) groups excluding carboxylic acids is 1. The van der Waals surface area contributed by atoms with Gasteiger partial charge in [-0.15, -0.1) is 10.2 Å². The molecule has 0 saturated carbocycles. The summed E-state index contributed by atoms with van der Waals surface area (Å²) in [5.74, 6) is 2.07. The van der Waals surface area contributed by atoms with Crippen LogP contribution in [0.5, 0.6) is 5.75 Å². The van der Waals surface area contributed by atoms with Gasteiger partial charge in [0.05, 0.1) is 17.9 Å². The van der Waals surface area contributed by atoms with Crippen LogP contribution in [0.15, 0.2) is 71.9 Å². The molecule has 1 saturated heterocycles. The number of amidine groups is 1. The quantitative estimate of drug-likeness (QED) is 0.107. The van der Waals surface area contributed by atoms with Crippen LogP contribution < -0.4 is 20.3 Å². The molecule has 11 nitrogen and oxygen atoms in total. The number of likely N-dealkylation sites (N-methyl/N-ethyl adjacent to an activating group) is 1. The zero-order valence-corrected chi connectivity index (χ0v) is 31.7. The first kappa shape index (κ1) is 37.0. The minimum atomic E-state index is -0.352. The molecule has 0 radical (unpaired) electrons. The maximum atomic E-state index is 13.7. The Morgan fingerprint density at radius 2 is 1.85 bits per heavy atom. The molecule has 1 fully saturated rings. The summed E-state index contributed by atoms with van der Waals surface area (Å²) in [5, 5.41) is 24.0. The summed E-state index contributed by atoms with van der Waals surface area (Å²) < 4.78 is 8.71. The maximum Gasteiger partial charge on any atom is 0.320 e. The number of pyridine rings is 1. The number of aliphatic imine (C=N–C) groups is 1. The summed E-state index contributed by atoms with van der Waals surface area (Å²) in [5.41, 5.74) is 4.99. The normalized spacial score (nSPS) is 19.4. The van der Waals surface area contributed by atoms with Crippen LogP contribution in [0.1, 0.15) is 102 Å². The molecule has 3 unspecified atom stereocenters. The number of nitrogens with one attached hydrogen (secondary N) is 3. The van der Waals surface area contributed by atoms with Gasteiger partial charge in [0.1, 0.15) is 17.7 Å². The van der Waals surface area contributed by atoms with Crippen LogP contribution in [0.2, 0.25) is 0 Å². The molecule has 276 valence electrons. The number of anilines is 1. The van der Waals surface area contributed by atoms with Gasteiger partial charge in [-0.1, -0.05) is 64.1 Å². The van der Waals surface area contributed by atoms with Gasteiger partial charge in [0.2, 0.25) is 5.95 Å². The van der Waals surface area contributed by atoms with Crippen LogP contribution in [0.3, 0.4) is 0 Å². The Morgan fingerprint density at radius 1 is 1.04 bits per heavy atom. The van der Waals surface area contributed by atoms with E-state index >= 15 is 0 Å². The van der Waals surface area contributed by atoms with Crippen molar-refractivity contribution in [2.75, 3.05) is 31.6 Å². The predicted octanol–water partition coefficient (Wildman–Crippen LogP) is 8.04. The first-order chi connectivity index (χ1) is 25.0. The van der Waals surface area contributed by atoms with Crippen molar-refractivity contribution in [2.45, 2.75) is 97.8 Å². The van der Waals surface area contributed by atoms with E-state index in [1.54, 1.807) is 0 Å². The number of benzene rings is 2. The highest BCUT2D eigenvalue weighted by Crippen LogP contribution is 2.39. The van der Waals surface area contributed by atoms with E-state index in [0.29, 0.717) is 24.0 Å². The molecular formula is C41H55N9O2. The number of carbonyl (C=O) groups is 1. The molecule has 4 aromatic rings. The Hall–Kier alpha value is -4.77. The highest BCUT2D eigenvalue weighted by atomic mass is 16.5. The molecule has 6 rings (SSSR count). The average Bonchev–Trinajstić information content (AvgIpc) is 3.54. The molecule has 2 aromatic heterocycles. The third-order valence-corrected chi connectivity index (χ3v) is 10.4. The number of amides is 2. The van der Waals surface area contributed by atoms with E-state index in [2.05, 4.69) is 75.8 Å². The number of aromatic nitrogens is 3. The van der Waals surface area contributed by atoms with Crippen molar-refractivity contribution < 1.29 is 9.53 Å². The zero-order valence-electron chi connectivity index (χ0n) is 31.7. The van der Waals surface area contributed by atoms with Crippen LogP contribution in [0.4, 0.5) is 16.4 Å². The molecule has 1 aliphatic heterocycles. The summed E-state index contributed by atoms with van der Waals surface area (Å²) in [4.78, 5) is 23.2. The number of fused-ring (bicyclic) bond motifs is 2. The van der Waals surface area contributed by atoms with Gasteiger partial charge in [0.25, 0.3) is 0 Å². The molecule has 0 spiro atoms. The van der Waals surface area contributed by atoms with E-state index in [1.807, 2.05) is 67.8 Å². The van der Waals surface area contributed by atoms with Gasteiger partial charge < -0.3 is 25.3 Å². The van der Waals surface area contributed by atoms with E-state index < -0.39 is 0 Å². The number of ether oxygens (including phenoxy) is 1. The molecule has 2 aliphatic rings. The fourth-order valence-corrected chi connectivity index (χ4v) is 6.99. The lowest BCUT2D eigenvalue weighted by atomic mass is 9.85. The smallest absolute Gasteiger partial charge is 0.320 e. The van der Waals surface area contributed by atoms with Crippen molar-refractivity contribution in [3.63, 3.8) is 0 Å². The maximum absolute atomic E-state index is 13.7. The van der Waals surface area contributed by atoms with Crippen molar-refractivity contribution in [2.24, 2.45) is 10.4 Å². The molecule has 11 heteroatoms. The van der Waals surface area contributed by atoms with Gasteiger partial charge >= 0.3 is 6.03 Å². The third kappa shape index (κ3) is 8.99. The van der Waals surface area contributed by atoms with E-state index in [0.717, 1.165) is 79.5 Å². The number of piperidine rings is 1. The van der Waals surface area contributed by atoms with Crippen LogP contribution in [-0.2, 0) is 6.42 Å². The second-order valence-corrected chi connectivity index (χ2v) is 15.4. The van der Waals surface area contributed by atoms with Crippen molar-refractivity contribution in [3.05, 3.63) is 83.6 Å². The topological polar surface area (TPSA) is 123 Å². The Kier molecular flexibility index (Phi) is 11.6. The molecular weight excluding hydrogens is 651 g/mol. The molecule has 3 heterocycles. The first-order valence-electron chi connectivity index (χ1n) is 18.9. The van der Waals surface area contributed by atoms with Gasteiger partial charge in [-0.2, -0.15) is 0 Å². The van der Waals surface area contributed by atoms with Gasteiger partial charge in [-0.3, -0.25) is 9.72 Å². The molecule has 3 atom stereocenters. The number of rotatable bonds is 11. The molecule has 2 amide bonds. The summed E-state index contributed by atoms with van der Waals surface area (Å²) in [6.07, 6.45) is 7.97. The highest BCUT2D eigenvalue weighted by molar-refractivity contribution is 6.09. The molecule has 0 bridgehead atoms. The molecule has 52 heavy (non-hydrogen) atoms. The van der Waals surface area contributed by atoms with Gasteiger partial charge in [-0.05, 0) is 105 Å². The minimum absolute atomic E-state index is 0.169. The van der Waals surface area contributed by atoms with Crippen molar-refractivity contribution >= 4 is 34.9 Å². The number of hydrogen-bond acceptors (Lipinski definition) is 8. The lowest BCUT2D eigenvalue weighted by Crippen LogP contribution is -2.43. The largest absolute Gasteiger partial charge is 0.484 e. The molecule has 1 aliphatic carbocycles. The lowest BCUT2D eigenvalue weighted by molar-refractivity contribution is 0.171. The van der Waals surface area contributed by atoms with E-state index in [1.165, 1.54) is 12.0 Å². The standard InChI is InChI=1S/C41H55N9O2/c1-7-48(6)24-22-29-14-12-15-30(25-29)43-37(26-36(42)41(3,4)5)45-39(51)44-34-19-20-35(33-17-9-8-16-32(33)34)52-31-18-21-38-46-47-40(50(38)27-31)49-23-11-10-13-28(49)2/h8-9,12,14-18,21,25,27-28,34-35,42H,7,10-11,13,19-20,22-24,26H2,1-6H3,(H2,43,44,45,51). The summed E-state index contributed by atoms with van der Waals surface area (Å²) in [6.45, 7) is 13.4. The van der Waals surface area contributed by atoms with Crippen LogP contribution in [0, 0.1) is 10.8 Å². The zero-order chi connectivity index (χ0) is 36.8. The minimum Gasteiger partial charge on any atom is -0.484 e. The average molecular weight is 706 g/mol. The Labute approximate surface area is 308 Å². The fraction of sp³-hybridized carbons (Fsp3) is 0.488. The summed E-state index contributed by atoms with van der Waals surface area (Å²) >= 11 is 0. The van der Waals surface area contributed by atoms with Crippen molar-refractivity contribution in [1.82, 2.24) is 30.1 Å². The van der Waals surface area contributed by atoms with E-state index in [-0.39, 0.29) is 30.0 Å². The first-order valence-corrected chi connectivity index (χ1v) is 18.9. The lowest BCUT2D eigenvalue weighted by Gasteiger charge is -2.33. The van der Waals surface area contributed by atoms with E-state index in [4.69, 9.17) is 15.1 Å². The van der Waals surface area contributed by atoms with Gasteiger partial charge in [-0.25, -0.2) is 9.79 Å². The van der Waals surface area contributed by atoms with E-state index in [9.17, 15) is 4.79 Å². The Balaban J connectivity index is 1.17. The van der Waals surface area contributed by atoms with Crippen molar-refractivity contribution in [3.8, 4) is 5.75 Å². The van der Waals surface area contributed by atoms with Gasteiger partial charge in [0, 0.05) is 31.3 Å². The SMILES string of the molecule is CCN(C)CCc1cccc(N=C(CC(=N)C(C)(C)C)NC(=O)NC2CCC(Oc3ccc4nnc(N5CCCCC5C)n4c3)c3ccccc32)c1. The summed E-state index contributed by atoms with van der Waals surface area (Å²) in [7, 11) is 2.12. The molecule has 2 aromatic carbocycles. The predicted molar refractivity (Wildman–Crippen MR) is 209 cm³/mol. The monoisotopic (exact) mass is 705 g/mol.